The predicted octanol–water partition coefficient (Wildman–Crippen LogP) is 16.1. The van der Waals surface area contributed by atoms with E-state index in [4.69, 9.17) is 0 Å². The van der Waals surface area contributed by atoms with E-state index in [2.05, 4.69) is 252 Å². The van der Waals surface area contributed by atoms with Crippen LogP contribution in [0.5, 0.6) is 0 Å². The molecule has 0 saturated carbocycles. The van der Waals surface area contributed by atoms with Crippen molar-refractivity contribution in [3.63, 3.8) is 0 Å². The first-order valence-electron chi connectivity index (χ1n) is 20.6. The van der Waals surface area contributed by atoms with Crippen LogP contribution in [0.3, 0.4) is 0 Å². The molecule has 1 aromatic heterocycles. The zero-order valence-electron chi connectivity index (χ0n) is 33.0. The molecule has 0 aliphatic heterocycles. The third-order valence-corrected chi connectivity index (χ3v) is 11.8. The van der Waals surface area contributed by atoms with Crippen molar-refractivity contribution in [2.75, 3.05) is 4.90 Å². The lowest BCUT2D eigenvalue weighted by Gasteiger charge is -2.28. The molecule has 0 bridgehead atoms. The molecule has 0 N–H and O–H groups in total. The van der Waals surface area contributed by atoms with Crippen molar-refractivity contribution in [1.82, 2.24) is 4.57 Å². The highest BCUT2D eigenvalue weighted by atomic mass is 15.1. The van der Waals surface area contributed by atoms with Gasteiger partial charge >= 0.3 is 0 Å². The summed E-state index contributed by atoms with van der Waals surface area (Å²) < 4.78 is 2.39. The van der Waals surface area contributed by atoms with Gasteiger partial charge in [0.2, 0.25) is 0 Å². The Morgan fingerprint density at radius 1 is 0.300 bits per heavy atom. The molecule has 0 spiro atoms. The van der Waals surface area contributed by atoms with Gasteiger partial charge in [-0.15, -0.1) is 0 Å². The first-order chi connectivity index (χ1) is 29.8. The molecule has 0 radical (unpaired) electrons. The fourth-order valence-electron chi connectivity index (χ4n) is 8.90. The van der Waals surface area contributed by atoms with Gasteiger partial charge in [-0.25, -0.2) is 0 Å². The number of benzene rings is 10. The van der Waals surface area contributed by atoms with Crippen LogP contribution < -0.4 is 4.90 Å². The van der Waals surface area contributed by atoms with Gasteiger partial charge in [0.25, 0.3) is 0 Å². The van der Waals surface area contributed by atoms with Crippen molar-refractivity contribution in [3.05, 3.63) is 243 Å². The van der Waals surface area contributed by atoms with Crippen molar-refractivity contribution >= 4 is 49.6 Å². The molecular weight excluding hydrogens is 725 g/mol. The highest BCUT2D eigenvalue weighted by Gasteiger charge is 2.22. The predicted molar refractivity (Wildman–Crippen MR) is 255 cm³/mol. The van der Waals surface area contributed by atoms with E-state index in [0.29, 0.717) is 0 Å². The largest absolute Gasteiger partial charge is 0.310 e. The summed E-state index contributed by atoms with van der Waals surface area (Å²) in [5, 5.41) is 4.99. The molecule has 2 nitrogen and oxygen atoms in total. The summed E-state index contributed by atoms with van der Waals surface area (Å²) in [6.45, 7) is 0. The Hall–Kier alpha value is -7.94. The summed E-state index contributed by atoms with van der Waals surface area (Å²) in [5.41, 5.74) is 16.3. The average molecular weight is 765 g/mol. The van der Waals surface area contributed by atoms with Crippen LogP contribution in [0.2, 0.25) is 0 Å². The standard InChI is InChI=1S/C58H40N2/c1-3-15-41(16-4-1)47-19-13-22-51(40-47)59(50-37-35-44(36-38-50)43-29-31-45(32-30-43)48-34-33-42-17-7-8-18-46(42)39-48)55-26-11-9-23-52(55)53-25-14-28-57-58(53)54-24-10-12-27-56(54)60(57)49-20-5-2-6-21-49/h1-40H. The van der Waals surface area contributed by atoms with E-state index >= 15 is 0 Å². The molecule has 0 unspecified atom stereocenters. The van der Waals surface area contributed by atoms with Crippen LogP contribution >= 0.6 is 0 Å². The minimum atomic E-state index is 1.09. The number of aromatic nitrogens is 1. The van der Waals surface area contributed by atoms with E-state index in [1.165, 1.54) is 71.5 Å². The number of para-hydroxylation sites is 3. The zero-order valence-corrected chi connectivity index (χ0v) is 33.0. The lowest BCUT2D eigenvalue weighted by atomic mass is 9.96. The highest BCUT2D eigenvalue weighted by molar-refractivity contribution is 6.17. The monoisotopic (exact) mass is 764 g/mol. The summed E-state index contributed by atoms with van der Waals surface area (Å²) in [5.74, 6) is 0. The second kappa shape index (κ2) is 15.1. The van der Waals surface area contributed by atoms with Gasteiger partial charge in [-0.05, 0) is 110 Å². The van der Waals surface area contributed by atoms with Crippen molar-refractivity contribution in [2.45, 2.75) is 0 Å². The van der Waals surface area contributed by atoms with Crippen LogP contribution in [0.4, 0.5) is 17.1 Å². The number of fused-ring (bicyclic) bond motifs is 4. The van der Waals surface area contributed by atoms with Gasteiger partial charge in [0, 0.05) is 33.4 Å². The first kappa shape index (κ1) is 35.2. The zero-order chi connectivity index (χ0) is 39.8. The van der Waals surface area contributed by atoms with E-state index in [9.17, 15) is 0 Å². The molecule has 0 fully saturated rings. The highest BCUT2D eigenvalue weighted by Crippen LogP contribution is 2.46. The van der Waals surface area contributed by atoms with Crippen molar-refractivity contribution in [3.8, 4) is 50.2 Å². The molecule has 11 aromatic rings. The van der Waals surface area contributed by atoms with Gasteiger partial charge in [0.05, 0.1) is 16.7 Å². The van der Waals surface area contributed by atoms with Gasteiger partial charge in [-0.3, -0.25) is 0 Å². The van der Waals surface area contributed by atoms with E-state index in [-0.39, 0.29) is 0 Å². The Morgan fingerprint density at radius 3 is 1.63 bits per heavy atom. The van der Waals surface area contributed by atoms with Crippen LogP contribution in [0.25, 0.3) is 82.8 Å². The third-order valence-electron chi connectivity index (χ3n) is 11.8. The maximum Gasteiger partial charge on any atom is 0.0547 e. The summed E-state index contributed by atoms with van der Waals surface area (Å²) in [7, 11) is 0. The Labute approximate surface area is 350 Å². The summed E-state index contributed by atoms with van der Waals surface area (Å²) in [4.78, 5) is 2.42. The molecule has 2 heteroatoms. The minimum absolute atomic E-state index is 1.09. The molecule has 0 aliphatic carbocycles. The van der Waals surface area contributed by atoms with Crippen LogP contribution in [-0.4, -0.2) is 4.57 Å². The maximum absolute atomic E-state index is 2.42. The second-order valence-electron chi connectivity index (χ2n) is 15.3. The van der Waals surface area contributed by atoms with E-state index in [1.54, 1.807) is 0 Å². The number of anilines is 3. The Balaban J connectivity index is 1.04. The molecule has 11 rings (SSSR count). The Morgan fingerprint density at radius 2 is 0.833 bits per heavy atom. The van der Waals surface area contributed by atoms with Gasteiger partial charge in [-0.1, -0.05) is 182 Å². The summed E-state index contributed by atoms with van der Waals surface area (Å²) >= 11 is 0. The molecule has 0 aliphatic rings. The topological polar surface area (TPSA) is 8.17 Å². The molecule has 282 valence electrons. The van der Waals surface area contributed by atoms with E-state index in [1.807, 2.05) is 0 Å². The van der Waals surface area contributed by atoms with E-state index in [0.717, 1.165) is 28.3 Å². The normalized spacial score (nSPS) is 11.3. The quantitative estimate of drug-likeness (QED) is 0.150. The SMILES string of the molecule is c1ccc(-c2cccc(N(c3ccc(-c4ccc(-c5ccc6ccccc6c5)cc4)cc3)c3ccccc3-c3cccc4c3c3ccccc3n4-c3ccccc3)c2)cc1. The Kier molecular flexibility index (Phi) is 8.87. The van der Waals surface area contributed by atoms with Crippen LogP contribution in [-0.2, 0) is 0 Å². The lowest BCUT2D eigenvalue weighted by Crippen LogP contribution is -2.11. The average Bonchev–Trinajstić information content (AvgIpc) is 3.67. The third kappa shape index (κ3) is 6.32. The van der Waals surface area contributed by atoms with Gasteiger partial charge in [-0.2, -0.15) is 0 Å². The van der Waals surface area contributed by atoms with Gasteiger partial charge in [0.15, 0.2) is 0 Å². The summed E-state index contributed by atoms with van der Waals surface area (Å²) in [6, 6.07) is 87.9. The molecular formula is C58H40N2. The molecule has 0 amide bonds. The molecule has 1 heterocycles. The Bertz CT molecular complexity index is 3290. The molecule has 0 atom stereocenters. The molecule has 10 aromatic carbocycles. The van der Waals surface area contributed by atoms with E-state index < -0.39 is 0 Å². The van der Waals surface area contributed by atoms with Crippen LogP contribution in [0.1, 0.15) is 0 Å². The second-order valence-corrected chi connectivity index (χ2v) is 15.3. The molecule has 0 saturated heterocycles. The van der Waals surface area contributed by atoms with Crippen LogP contribution in [0.15, 0.2) is 243 Å². The lowest BCUT2D eigenvalue weighted by molar-refractivity contribution is 1.18. The smallest absolute Gasteiger partial charge is 0.0547 e. The summed E-state index contributed by atoms with van der Waals surface area (Å²) in [6.07, 6.45) is 0. The van der Waals surface area contributed by atoms with Crippen molar-refractivity contribution in [2.24, 2.45) is 0 Å². The van der Waals surface area contributed by atoms with Gasteiger partial charge in [0.1, 0.15) is 0 Å². The van der Waals surface area contributed by atoms with Crippen molar-refractivity contribution < 1.29 is 0 Å². The van der Waals surface area contributed by atoms with Crippen molar-refractivity contribution in [1.29, 1.82) is 0 Å². The maximum atomic E-state index is 2.42. The molecule has 60 heavy (non-hydrogen) atoms. The first-order valence-corrected chi connectivity index (χ1v) is 20.6. The number of hydrogen-bond donors (Lipinski definition) is 0. The fraction of sp³-hybridized carbons (Fsp3) is 0. The van der Waals surface area contributed by atoms with Gasteiger partial charge < -0.3 is 9.47 Å². The fourth-order valence-corrected chi connectivity index (χ4v) is 8.90. The van der Waals surface area contributed by atoms with Crippen LogP contribution in [0, 0.1) is 0 Å². The number of hydrogen-bond acceptors (Lipinski definition) is 1. The number of rotatable bonds is 8. The minimum Gasteiger partial charge on any atom is -0.310 e. The number of nitrogens with zero attached hydrogens (tertiary/aromatic N) is 2.